The minimum absolute atomic E-state index is 0.142. The molecule has 0 aromatic carbocycles. The molecule has 0 radical (unpaired) electrons. The van der Waals surface area contributed by atoms with Crippen LogP contribution in [0.3, 0.4) is 0 Å². The SMILES string of the molecule is CCCCCC(OC(C)=O)C(F)(F)F. The van der Waals surface area contributed by atoms with Crippen LogP contribution >= 0.6 is 0 Å². The van der Waals surface area contributed by atoms with Crippen LogP contribution in [0.1, 0.15) is 39.5 Å². The van der Waals surface area contributed by atoms with Crippen molar-refractivity contribution in [2.45, 2.75) is 51.8 Å². The Bertz CT molecular complexity index is 177. The van der Waals surface area contributed by atoms with Crippen molar-refractivity contribution in [2.75, 3.05) is 0 Å². The minimum atomic E-state index is -4.45. The van der Waals surface area contributed by atoms with E-state index in [9.17, 15) is 18.0 Å². The first-order chi connectivity index (χ1) is 6.38. The molecule has 0 fully saturated rings. The van der Waals surface area contributed by atoms with Crippen molar-refractivity contribution in [1.82, 2.24) is 0 Å². The number of halogens is 3. The zero-order valence-corrected chi connectivity index (χ0v) is 8.36. The number of esters is 1. The van der Waals surface area contributed by atoms with Gasteiger partial charge in [0.25, 0.3) is 0 Å². The maximum atomic E-state index is 12.2. The molecule has 2 nitrogen and oxygen atoms in total. The Morgan fingerprint density at radius 1 is 1.36 bits per heavy atom. The number of carbonyl (C=O) groups excluding carboxylic acids is 1. The summed E-state index contributed by atoms with van der Waals surface area (Å²) >= 11 is 0. The van der Waals surface area contributed by atoms with E-state index in [0.29, 0.717) is 12.8 Å². The summed E-state index contributed by atoms with van der Waals surface area (Å²) in [6, 6.07) is 0. The first kappa shape index (κ1) is 13.3. The van der Waals surface area contributed by atoms with E-state index in [2.05, 4.69) is 4.74 Å². The molecule has 0 amide bonds. The number of rotatable bonds is 5. The lowest BCUT2D eigenvalue weighted by Gasteiger charge is -2.19. The Hall–Kier alpha value is -0.740. The van der Waals surface area contributed by atoms with Crippen LogP contribution in [0.15, 0.2) is 0 Å². The van der Waals surface area contributed by atoms with Gasteiger partial charge in [-0.05, 0) is 12.8 Å². The molecule has 0 aliphatic rings. The van der Waals surface area contributed by atoms with E-state index in [1.807, 2.05) is 6.92 Å². The molecule has 0 aromatic heterocycles. The van der Waals surface area contributed by atoms with E-state index in [0.717, 1.165) is 13.3 Å². The average molecular weight is 212 g/mol. The summed E-state index contributed by atoms with van der Waals surface area (Å²) < 4.78 is 40.9. The van der Waals surface area contributed by atoms with Crippen LogP contribution in [-0.4, -0.2) is 18.2 Å². The monoisotopic (exact) mass is 212 g/mol. The number of alkyl halides is 3. The molecule has 1 atom stereocenters. The molecule has 0 heterocycles. The van der Waals surface area contributed by atoms with E-state index in [1.165, 1.54) is 0 Å². The first-order valence-electron chi connectivity index (χ1n) is 4.61. The maximum absolute atomic E-state index is 12.2. The Labute approximate surface area is 81.4 Å². The van der Waals surface area contributed by atoms with E-state index >= 15 is 0 Å². The third-order valence-corrected chi connectivity index (χ3v) is 1.74. The molecule has 0 N–H and O–H groups in total. The highest BCUT2D eigenvalue weighted by Crippen LogP contribution is 2.27. The number of hydrogen-bond donors (Lipinski definition) is 0. The third-order valence-electron chi connectivity index (χ3n) is 1.74. The van der Waals surface area contributed by atoms with Gasteiger partial charge in [-0.15, -0.1) is 0 Å². The van der Waals surface area contributed by atoms with E-state index in [4.69, 9.17) is 0 Å². The van der Waals surface area contributed by atoms with Crippen LogP contribution in [0.2, 0.25) is 0 Å². The number of unbranched alkanes of at least 4 members (excludes halogenated alkanes) is 2. The highest BCUT2D eigenvalue weighted by molar-refractivity contribution is 5.66. The summed E-state index contributed by atoms with van der Waals surface area (Å²) in [6.07, 6.45) is -4.55. The van der Waals surface area contributed by atoms with Gasteiger partial charge in [0.05, 0.1) is 0 Å². The second-order valence-corrected chi connectivity index (χ2v) is 3.14. The maximum Gasteiger partial charge on any atom is 0.425 e. The largest absolute Gasteiger partial charge is 0.453 e. The van der Waals surface area contributed by atoms with Crippen molar-refractivity contribution >= 4 is 5.97 Å². The van der Waals surface area contributed by atoms with Crippen LogP contribution in [0.25, 0.3) is 0 Å². The van der Waals surface area contributed by atoms with Crippen molar-refractivity contribution < 1.29 is 22.7 Å². The zero-order valence-electron chi connectivity index (χ0n) is 8.36. The van der Waals surface area contributed by atoms with Gasteiger partial charge in [-0.2, -0.15) is 13.2 Å². The molecule has 0 aliphatic heterocycles. The van der Waals surface area contributed by atoms with E-state index in [1.54, 1.807) is 0 Å². The molecule has 0 saturated heterocycles. The van der Waals surface area contributed by atoms with Gasteiger partial charge in [0, 0.05) is 6.92 Å². The summed E-state index contributed by atoms with van der Waals surface area (Å²) in [5, 5.41) is 0. The predicted octanol–water partition coefficient (Wildman–Crippen LogP) is 3.06. The average Bonchev–Trinajstić information content (AvgIpc) is 2.00. The molecule has 84 valence electrons. The lowest BCUT2D eigenvalue weighted by Crippen LogP contribution is -2.33. The van der Waals surface area contributed by atoms with Gasteiger partial charge < -0.3 is 4.74 Å². The number of carbonyl (C=O) groups is 1. The fourth-order valence-electron chi connectivity index (χ4n) is 1.07. The fourth-order valence-corrected chi connectivity index (χ4v) is 1.07. The van der Waals surface area contributed by atoms with E-state index < -0.39 is 18.2 Å². The molecule has 0 aliphatic carbocycles. The van der Waals surface area contributed by atoms with Crippen LogP contribution in [0.4, 0.5) is 13.2 Å². The van der Waals surface area contributed by atoms with Crippen LogP contribution < -0.4 is 0 Å². The Balaban J connectivity index is 4.05. The molecule has 14 heavy (non-hydrogen) atoms. The van der Waals surface area contributed by atoms with Gasteiger partial charge in [0.15, 0.2) is 6.10 Å². The summed E-state index contributed by atoms with van der Waals surface area (Å²) in [4.78, 5) is 10.4. The topological polar surface area (TPSA) is 26.3 Å². The molecular weight excluding hydrogens is 197 g/mol. The van der Waals surface area contributed by atoms with Crippen molar-refractivity contribution in [3.8, 4) is 0 Å². The van der Waals surface area contributed by atoms with Gasteiger partial charge in [0.1, 0.15) is 0 Å². The van der Waals surface area contributed by atoms with Gasteiger partial charge in [-0.25, -0.2) is 0 Å². The first-order valence-corrected chi connectivity index (χ1v) is 4.61. The molecule has 0 aromatic rings. The van der Waals surface area contributed by atoms with Crippen molar-refractivity contribution in [1.29, 1.82) is 0 Å². The van der Waals surface area contributed by atoms with Crippen LogP contribution in [-0.2, 0) is 9.53 Å². The predicted molar refractivity (Wildman–Crippen MR) is 45.8 cm³/mol. The fraction of sp³-hybridized carbons (Fsp3) is 0.889. The van der Waals surface area contributed by atoms with Gasteiger partial charge >= 0.3 is 12.1 Å². The lowest BCUT2D eigenvalue weighted by molar-refractivity contribution is -0.221. The molecule has 0 saturated carbocycles. The second-order valence-electron chi connectivity index (χ2n) is 3.14. The van der Waals surface area contributed by atoms with E-state index in [-0.39, 0.29) is 6.42 Å². The molecule has 5 heteroatoms. The number of ether oxygens (including phenoxy) is 1. The minimum Gasteiger partial charge on any atom is -0.453 e. The molecule has 0 spiro atoms. The molecule has 0 rings (SSSR count). The quantitative estimate of drug-likeness (QED) is 0.517. The summed E-state index contributed by atoms with van der Waals surface area (Å²) in [5.41, 5.74) is 0. The summed E-state index contributed by atoms with van der Waals surface area (Å²) in [5.74, 6) is -0.885. The Kier molecular flexibility index (Phi) is 5.57. The molecular formula is C9H15F3O2. The molecule has 1 unspecified atom stereocenters. The van der Waals surface area contributed by atoms with Crippen molar-refractivity contribution in [2.24, 2.45) is 0 Å². The highest BCUT2D eigenvalue weighted by atomic mass is 19.4. The standard InChI is InChI=1S/C9H15F3O2/c1-3-4-5-6-8(9(10,11)12)14-7(2)13/h8H,3-6H2,1-2H3. The third kappa shape index (κ3) is 5.83. The summed E-state index contributed by atoms with van der Waals surface area (Å²) in [6.45, 7) is 2.88. The van der Waals surface area contributed by atoms with Crippen LogP contribution in [0, 0.1) is 0 Å². The Morgan fingerprint density at radius 2 is 1.93 bits per heavy atom. The smallest absolute Gasteiger partial charge is 0.425 e. The number of hydrogen-bond acceptors (Lipinski definition) is 2. The lowest BCUT2D eigenvalue weighted by atomic mass is 10.1. The van der Waals surface area contributed by atoms with Gasteiger partial charge in [-0.3, -0.25) is 4.79 Å². The van der Waals surface area contributed by atoms with Gasteiger partial charge in [0.2, 0.25) is 0 Å². The second kappa shape index (κ2) is 5.88. The van der Waals surface area contributed by atoms with Crippen molar-refractivity contribution in [3.63, 3.8) is 0 Å². The Morgan fingerprint density at radius 3 is 2.29 bits per heavy atom. The van der Waals surface area contributed by atoms with Crippen molar-refractivity contribution in [3.05, 3.63) is 0 Å². The zero-order chi connectivity index (χ0) is 11.2. The highest BCUT2D eigenvalue weighted by Gasteiger charge is 2.41. The summed E-state index contributed by atoms with van der Waals surface area (Å²) in [7, 11) is 0. The van der Waals surface area contributed by atoms with Crippen LogP contribution in [0.5, 0.6) is 0 Å². The molecule has 0 bridgehead atoms. The van der Waals surface area contributed by atoms with Gasteiger partial charge in [-0.1, -0.05) is 19.8 Å². The normalized spacial score (nSPS) is 13.8.